The first-order valence-electron chi connectivity index (χ1n) is 8.36. The number of hydrogen-bond donors (Lipinski definition) is 1. The van der Waals surface area contributed by atoms with E-state index in [-0.39, 0.29) is 30.7 Å². The van der Waals surface area contributed by atoms with Gasteiger partial charge in [-0.1, -0.05) is 41.2 Å². The zero-order valence-electron chi connectivity index (χ0n) is 14.9. The summed E-state index contributed by atoms with van der Waals surface area (Å²) in [4.78, 5) is 11.7. The third-order valence-electron chi connectivity index (χ3n) is 3.55. The highest BCUT2D eigenvalue weighted by molar-refractivity contribution is 5.77. The predicted octanol–water partition coefficient (Wildman–Crippen LogP) is 3.30. The molecule has 0 aliphatic rings. The normalized spacial score (nSPS) is 10.7. The molecule has 6 nitrogen and oxygen atoms in total. The molecule has 3 rings (SSSR count). The van der Waals surface area contributed by atoms with Gasteiger partial charge in [0.1, 0.15) is 0 Å². The lowest BCUT2D eigenvalue weighted by molar-refractivity contribution is -0.137. The molecule has 0 saturated carbocycles. The van der Waals surface area contributed by atoms with Crippen molar-refractivity contribution in [1.29, 1.82) is 0 Å². The zero-order chi connectivity index (χ0) is 20.7. The first-order chi connectivity index (χ1) is 13.9. The molecule has 0 unspecified atom stereocenters. The molecule has 1 heterocycles. The monoisotopic (exact) mass is 401 g/mol. The van der Waals surface area contributed by atoms with Gasteiger partial charge in [0.25, 0.3) is 11.8 Å². The number of benzene rings is 2. The lowest BCUT2D eigenvalue weighted by atomic mass is 10.1. The number of rotatable bonds is 5. The molecule has 0 aliphatic heterocycles. The summed E-state index contributed by atoms with van der Waals surface area (Å²) in [5.74, 6) is 4.90. The molecule has 1 N–H and O–H groups in total. The molecular weight excluding hydrogens is 387 g/mol. The van der Waals surface area contributed by atoms with E-state index in [0.29, 0.717) is 5.56 Å². The summed E-state index contributed by atoms with van der Waals surface area (Å²) in [6.45, 7) is -0.431. The topological polar surface area (TPSA) is 77.2 Å². The third-order valence-corrected chi connectivity index (χ3v) is 3.55. The minimum Gasteiger partial charge on any atom is -0.439 e. The smallest absolute Gasteiger partial charge is 0.416 e. The van der Waals surface area contributed by atoms with Gasteiger partial charge in [0, 0.05) is 11.1 Å². The van der Waals surface area contributed by atoms with Crippen molar-refractivity contribution in [2.75, 3.05) is 13.2 Å². The van der Waals surface area contributed by atoms with Crippen LogP contribution in [-0.4, -0.2) is 29.3 Å². The number of nitrogens with zero attached hydrogens (tertiary/aromatic N) is 2. The Morgan fingerprint density at radius 3 is 2.66 bits per heavy atom. The Kier molecular flexibility index (Phi) is 6.14. The van der Waals surface area contributed by atoms with Gasteiger partial charge in [0.2, 0.25) is 0 Å². The van der Waals surface area contributed by atoms with E-state index in [2.05, 4.69) is 27.4 Å². The maximum atomic E-state index is 12.6. The van der Waals surface area contributed by atoms with Gasteiger partial charge in [0.05, 0.1) is 12.1 Å². The van der Waals surface area contributed by atoms with Crippen LogP contribution in [0.1, 0.15) is 11.1 Å². The van der Waals surface area contributed by atoms with Crippen LogP contribution in [0.3, 0.4) is 0 Å². The maximum Gasteiger partial charge on any atom is 0.416 e. The Morgan fingerprint density at radius 1 is 1.10 bits per heavy atom. The minimum absolute atomic E-state index is 0.0580. The summed E-state index contributed by atoms with van der Waals surface area (Å²) in [5.41, 5.74) is 0.130. The molecule has 9 heteroatoms. The number of amides is 1. The van der Waals surface area contributed by atoms with E-state index < -0.39 is 17.6 Å². The van der Waals surface area contributed by atoms with Crippen LogP contribution in [-0.2, 0) is 11.0 Å². The SMILES string of the molecule is O=C(COc1nnc(-c2ccccc2)o1)NCC#Cc1cccc(C(F)(F)F)c1. The zero-order valence-corrected chi connectivity index (χ0v) is 14.9. The molecule has 1 aromatic heterocycles. The van der Waals surface area contributed by atoms with Gasteiger partial charge in [-0.15, -0.1) is 5.10 Å². The van der Waals surface area contributed by atoms with Crippen molar-refractivity contribution in [2.45, 2.75) is 6.18 Å². The summed E-state index contributed by atoms with van der Waals surface area (Å²) >= 11 is 0. The third kappa shape index (κ3) is 5.84. The van der Waals surface area contributed by atoms with Gasteiger partial charge in [-0.2, -0.15) is 13.2 Å². The molecule has 148 valence electrons. The summed E-state index contributed by atoms with van der Waals surface area (Å²) in [7, 11) is 0. The number of halogens is 3. The van der Waals surface area contributed by atoms with Crippen LogP contribution in [0.25, 0.3) is 11.5 Å². The molecule has 29 heavy (non-hydrogen) atoms. The lowest BCUT2D eigenvalue weighted by Crippen LogP contribution is -2.29. The Hall–Kier alpha value is -3.80. The molecule has 1 amide bonds. The summed E-state index contributed by atoms with van der Waals surface area (Å²) < 4.78 is 48.4. The lowest BCUT2D eigenvalue weighted by Gasteiger charge is -2.05. The number of alkyl halides is 3. The Labute approximate surface area is 163 Å². The molecule has 0 fully saturated rings. The van der Waals surface area contributed by atoms with E-state index >= 15 is 0 Å². The number of aromatic nitrogens is 2. The second kappa shape index (κ2) is 8.93. The van der Waals surface area contributed by atoms with Crippen LogP contribution >= 0.6 is 0 Å². The average Bonchev–Trinajstić information content (AvgIpc) is 3.19. The first-order valence-corrected chi connectivity index (χ1v) is 8.36. The summed E-state index contributed by atoms with van der Waals surface area (Å²) in [6, 6.07) is 13.7. The molecule has 0 bridgehead atoms. The van der Waals surface area contributed by atoms with Crippen molar-refractivity contribution >= 4 is 5.91 Å². The molecular formula is C20H14F3N3O3. The van der Waals surface area contributed by atoms with E-state index in [1.807, 2.05) is 18.2 Å². The van der Waals surface area contributed by atoms with Gasteiger partial charge in [0.15, 0.2) is 6.61 Å². The Bertz CT molecular complexity index is 1040. The van der Waals surface area contributed by atoms with E-state index in [1.165, 1.54) is 12.1 Å². The largest absolute Gasteiger partial charge is 0.439 e. The number of ether oxygens (including phenoxy) is 1. The number of carbonyl (C=O) groups is 1. The minimum atomic E-state index is -4.43. The quantitative estimate of drug-likeness (QED) is 0.664. The van der Waals surface area contributed by atoms with Crippen LogP contribution in [0, 0.1) is 11.8 Å². The van der Waals surface area contributed by atoms with Crippen LogP contribution in [0.2, 0.25) is 0 Å². The van der Waals surface area contributed by atoms with Gasteiger partial charge < -0.3 is 14.5 Å². The van der Waals surface area contributed by atoms with E-state index in [0.717, 1.165) is 12.1 Å². The number of nitrogens with one attached hydrogen (secondary N) is 1. The number of carbonyl (C=O) groups excluding carboxylic acids is 1. The Balaban J connectivity index is 1.46. The van der Waals surface area contributed by atoms with Crippen molar-refractivity contribution in [3.8, 4) is 29.4 Å². The first kappa shape index (κ1) is 19.9. The molecule has 0 saturated heterocycles. The van der Waals surface area contributed by atoms with Crippen molar-refractivity contribution in [3.63, 3.8) is 0 Å². The van der Waals surface area contributed by atoms with Crippen LogP contribution in [0.4, 0.5) is 13.2 Å². The highest BCUT2D eigenvalue weighted by Crippen LogP contribution is 2.29. The van der Waals surface area contributed by atoms with Crippen molar-refractivity contribution in [1.82, 2.24) is 15.5 Å². The molecule has 0 atom stereocenters. The van der Waals surface area contributed by atoms with Crippen LogP contribution in [0.5, 0.6) is 6.08 Å². The molecule has 0 aliphatic carbocycles. The van der Waals surface area contributed by atoms with Gasteiger partial charge >= 0.3 is 12.3 Å². The standard InChI is InChI=1S/C20H14F3N3O3/c21-20(22,23)16-10-4-6-14(12-16)7-5-11-24-17(27)13-28-19-26-25-18(29-19)15-8-2-1-3-9-15/h1-4,6,8-10,12H,11,13H2,(H,24,27). The van der Waals surface area contributed by atoms with Gasteiger partial charge in [-0.25, -0.2) is 0 Å². The average molecular weight is 401 g/mol. The van der Waals surface area contributed by atoms with E-state index in [4.69, 9.17) is 9.15 Å². The second-order valence-electron chi connectivity index (χ2n) is 5.68. The fourth-order valence-electron chi connectivity index (χ4n) is 2.21. The van der Waals surface area contributed by atoms with E-state index in [1.54, 1.807) is 12.1 Å². The Morgan fingerprint density at radius 2 is 1.90 bits per heavy atom. The van der Waals surface area contributed by atoms with E-state index in [9.17, 15) is 18.0 Å². The highest BCUT2D eigenvalue weighted by Gasteiger charge is 2.30. The van der Waals surface area contributed by atoms with Gasteiger partial charge in [-0.05, 0) is 30.3 Å². The van der Waals surface area contributed by atoms with Crippen LogP contribution < -0.4 is 10.1 Å². The van der Waals surface area contributed by atoms with Crippen LogP contribution in [0.15, 0.2) is 59.0 Å². The second-order valence-corrected chi connectivity index (χ2v) is 5.68. The van der Waals surface area contributed by atoms with Crippen molar-refractivity contribution in [3.05, 3.63) is 65.7 Å². The van der Waals surface area contributed by atoms with Crippen molar-refractivity contribution < 1.29 is 27.1 Å². The summed E-state index contributed by atoms with van der Waals surface area (Å²) in [5, 5.41) is 9.97. The molecule has 0 radical (unpaired) electrons. The fourth-order valence-corrected chi connectivity index (χ4v) is 2.21. The van der Waals surface area contributed by atoms with Crippen molar-refractivity contribution in [2.24, 2.45) is 0 Å². The fraction of sp³-hybridized carbons (Fsp3) is 0.150. The van der Waals surface area contributed by atoms with Gasteiger partial charge in [-0.3, -0.25) is 4.79 Å². The highest BCUT2D eigenvalue weighted by atomic mass is 19.4. The molecule has 0 spiro atoms. The molecule has 3 aromatic rings. The predicted molar refractivity (Wildman–Crippen MR) is 96.6 cm³/mol. The molecule has 2 aromatic carbocycles. The number of hydrogen-bond acceptors (Lipinski definition) is 5. The summed E-state index contributed by atoms with van der Waals surface area (Å²) in [6.07, 6.45) is -4.59. The maximum absolute atomic E-state index is 12.6.